The van der Waals surface area contributed by atoms with Gasteiger partial charge >= 0.3 is 0 Å². The number of amides is 1. The lowest BCUT2D eigenvalue weighted by Crippen LogP contribution is -2.19. The maximum absolute atomic E-state index is 12.0. The van der Waals surface area contributed by atoms with E-state index in [0.717, 1.165) is 22.0 Å². The Morgan fingerprint density at radius 1 is 1.09 bits per heavy atom. The molecule has 178 valence electrons. The summed E-state index contributed by atoms with van der Waals surface area (Å²) in [5, 5.41) is 24.2. The molecule has 3 aromatic carbocycles. The van der Waals surface area contributed by atoms with Gasteiger partial charge in [-0.05, 0) is 36.9 Å². The Kier molecular flexibility index (Phi) is 7.45. The molecule has 0 saturated heterocycles. The highest BCUT2D eigenvalue weighted by Gasteiger charge is 2.14. The third-order valence-electron chi connectivity index (χ3n) is 5.26. The number of aromatic hydroxyl groups is 1. The molecule has 35 heavy (non-hydrogen) atoms. The first kappa shape index (κ1) is 24.0. The van der Waals surface area contributed by atoms with E-state index in [4.69, 9.17) is 16.6 Å². The number of phenols is 1. The minimum atomic E-state index is -0.369. The minimum Gasteiger partial charge on any atom is -0.506 e. The number of hydrogen-bond acceptors (Lipinski definition) is 7. The number of carbonyl (C=O) groups is 1. The first-order chi connectivity index (χ1) is 17.0. The molecule has 0 aliphatic rings. The van der Waals surface area contributed by atoms with Crippen LogP contribution in [0.2, 0.25) is 5.02 Å². The zero-order valence-electron chi connectivity index (χ0n) is 19.1. The number of para-hydroxylation sites is 1. The van der Waals surface area contributed by atoms with Crippen LogP contribution in [0, 0.1) is 0 Å². The lowest BCUT2D eigenvalue weighted by Gasteiger charge is -2.16. The van der Waals surface area contributed by atoms with Crippen molar-refractivity contribution < 1.29 is 9.90 Å². The Morgan fingerprint density at radius 3 is 2.69 bits per heavy atom. The first-order valence-corrected chi connectivity index (χ1v) is 11.3. The van der Waals surface area contributed by atoms with Gasteiger partial charge in [0.2, 0.25) is 11.9 Å². The molecule has 1 heterocycles. The summed E-state index contributed by atoms with van der Waals surface area (Å²) in [6, 6.07) is 16.6. The van der Waals surface area contributed by atoms with Crippen molar-refractivity contribution in [3.63, 3.8) is 0 Å². The van der Waals surface area contributed by atoms with E-state index in [1.54, 1.807) is 12.3 Å². The second-order valence-electron chi connectivity index (χ2n) is 7.71. The van der Waals surface area contributed by atoms with E-state index in [1.165, 1.54) is 12.1 Å². The number of aromatic nitrogens is 2. The summed E-state index contributed by atoms with van der Waals surface area (Å²) in [4.78, 5) is 21.1. The summed E-state index contributed by atoms with van der Waals surface area (Å²) < 4.78 is 0. The molecule has 8 nitrogen and oxygen atoms in total. The molecule has 4 rings (SSSR count). The minimum absolute atomic E-state index is 0.0274. The number of nitrogens with zero attached hydrogens (tertiary/aromatic N) is 2. The van der Waals surface area contributed by atoms with Crippen LogP contribution < -0.4 is 21.3 Å². The van der Waals surface area contributed by atoms with E-state index in [-0.39, 0.29) is 11.7 Å². The van der Waals surface area contributed by atoms with Crippen molar-refractivity contribution in [2.75, 3.05) is 36.1 Å². The summed E-state index contributed by atoms with van der Waals surface area (Å²) in [5.74, 6) is -0.106. The van der Waals surface area contributed by atoms with Crippen LogP contribution >= 0.6 is 11.6 Å². The molecule has 5 N–H and O–H groups in total. The maximum Gasteiger partial charge on any atom is 0.247 e. The highest BCUT2D eigenvalue weighted by atomic mass is 35.5. The molecule has 9 heteroatoms. The van der Waals surface area contributed by atoms with E-state index in [9.17, 15) is 9.90 Å². The van der Waals surface area contributed by atoms with Crippen LogP contribution in [0.5, 0.6) is 5.75 Å². The third-order valence-corrected chi connectivity index (χ3v) is 5.50. The second-order valence-corrected chi connectivity index (χ2v) is 8.15. The Hall–Kier alpha value is -4.14. The highest BCUT2D eigenvalue weighted by Crippen LogP contribution is 2.36. The number of rotatable bonds is 9. The van der Waals surface area contributed by atoms with Crippen molar-refractivity contribution in [2.24, 2.45) is 0 Å². The van der Waals surface area contributed by atoms with Crippen LogP contribution in [0.15, 0.2) is 73.4 Å². The first-order valence-electron chi connectivity index (χ1n) is 11.0. The molecule has 4 aromatic rings. The summed E-state index contributed by atoms with van der Waals surface area (Å²) in [5.41, 5.74) is 3.96. The van der Waals surface area contributed by atoms with Crippen molar-refractivity contribution >= 4 is 51.4 Å². The average Bonchev–Trinajstić information content (AvgIpc) is 2.86. The van der Waals surface area contributed by atoms with Crippen LogP contribution in [0.3, 0.4) is 0 Å². The summed E-state index contributed by atoms with van der Waals surface area (Å²) >= 11 is 6.20. The Bertz CT molecular complexity index is 1390. The topological polar surface area (TPSA) is 111 Å². The quantitative estimate of drug-likeness (QED) is 0.0957. The normalized spacial score (nSPS) is 10.7. The molecule has 0 unspecified atom stereocenters. The molecule has 0 aliphatic heterocycles. The lowest BCUT2D eigenvalue weighted by molar-refractivity contribution is -0.111. The fourth-order valence-electron chi connectivity index (χ4n) is 3.57. The molecule has 0 saturated carbocycles. The van der Waals surface area contributed by atoms with Crippen molar-refractivity contribution in [3.05, 3.63) is 78.5 Å². The van der Waals surface area contributed by atoms with E-state index in [0.29, 0.717) is 41.1 Å². The van der Waals surface area contributed by atoms with Crippen LogP contribution in [0.4, 0.5) is 23.0 Å². The van der Waals surface area contributed by atoms with Crippen molar-refractivity contribution in [2.45, 2.75) is 0 Å². The van der Waals surface area contributed by atoms with Gasteiger partial charge in [0.25, 0.3) is 0 Å². The van der Waals surface area contributed by atoms with E-state index < -0.39 is 0 Å². The smallest absolute Gasteiger partial charge is 0.247 e. The zero-order valence-corrected chi connectivity index (χ0v) is 19.9. The van der Waals surface area contributed by atoms with Gasteiger partial charge in [-0.3, -0.25) is 4.79 Å². The average molecular weight is 489 g/mol. The van der Waals surface area contributed by atoms with Gasteiger partial charge in [-0.1, -0.05) is 48.5 Å². The van der Waals surface area contributed by atoms with Crippen LogP contribution in [-0.4, -0.2) is 41.1 Å². The molecule has 0 atom stereocenters. The van der Waals surface area contributed by atoms with E-state index in [2.05, 4.69) is 32.8 Å². The summed E-state index contributed by atoms with van der Waals surface area (Å²) in [7, 11) is 1.84. The number of fused-ring (bicyclic) bond motifs is 1. The molecule has 0 aliphatic carbocycles. The third kappa shape index (κ3) is 5.68. The number of nitrogens with one attached hydrogen (secondary N) is 4. The molecule has 0 fully saturated rings. The van der Waals surface area contributed by atoms with Gasteiger partial charge in [-0.15, -0.1) is 0 Å². The highest BCUT2D eigenvalue weighted by molar-refractivity contribution is 6.30. The molecule has 1 amide bonds. The molecular weight excluding hydrogens is 464 g/mol. The van der Waals surface area contributed by atoms with Gasteiger partial charge in [0, 0.05) is 41.3 Å². The maximum atomic E-state index is 12.0. The van der Waals surface area contributed by atoms with Gasteiger partial charge in [0.1, 0.15) is 5.75 Å². The number of phenolic OH excluding ortho intramolecular Hbond substituents is 1. The Morgan fingerprint density at radius 2 is 1.91 bits per heavy atom. The fraction of sp³-hybridized carbons (Fsp3) is 0.115. The second kappa shape index (κ2) is 10.9. The van der Waals surface area contributed by atoms with Crippen molar-refractivity contribution in [1.82, 2.24) is 15.3 Å². The van der Waals surface area contributed by atoms with Gasteiger partial charge in [0.05, 0.1) is 22.6 Å². The molecule has 0 bridgehead atoms. The van der Waals surface area contributed by atoms with E-state index >= 15 is 0 Å². The summed E-state index contributed by atoms with van der Waals surface area (Å²) in [6.45, 7) is 4.80. The largest absolute Gasteiger partial charge is 0.506 e. The fourth-order valence-corrected chi connectivity index (χ4v) is 3.76. The number of anilines is 4. The SMILES string of the molecule is C=CC(=O)Nc1cc(Nc2ncc3cccc(-c4cccc(Cl)c4)c3n2)c(O)cc1NCCNC. The van der Waals surface area contributed by atoms with Gasteiger partial charge in [0.15, 0.2) is 0 Å². The lowest BCUT2D eigenvalue weighted by atomic mass is 10.0. The summed E-state index contributed by atoms with van der Waals surface area (Å²) in [6.07, 6.45) is 2.89. The predicted octanol–water partition coefficient (Wildman–Crippen LogP) is 5.16. The van der Waals surface area contributed by atoms with Crippen LogP contribution in [0.1, 0.15) is 0 Å². The monoisotopic (exact) mass is 488 g/mol. The van der Waals surface area contributed by atoms with Crippen LogP contribution in [0.25, 0.3) is 22.0 Å². The standard InChI is InChI=1S/C26H25ClN6O2/c1-3-24(35)31-21-13-22(23(34)14-20(21)29-11-10-28-2)32-26-30-15-17-7-5-9-19(25(17)33-26)16-6-4-8-18(27)12-16/h3-9,12-15,28-29,34H,1,10-11H2,2H3,(H,31,35)(H,30,32,33). The number of likely N-dealkylation sites (N-methyl/N-ethyl adjacent to an activating group) is 1. The van der Waals surface area contributed by atoms with Gasteiger partial charge < -0.3 is 26.4 Å². The molecule has 0 radical (unpaired) electrons. The van der Waals surface area contributed by atoms with Crippen molar-refractivity contribution in [1.29, 1.82) is 0 Å². The zero-order chi connectivity index (χ0) is 24.8. The molecular formula is C26H25ClN6O2. The molecule has 1 aromatic heterocycles. The van der Waals surface area contributed by atoms with Gasteiger partial charge in [-0.25, -0.2) is 9.97 Å². The van der Waals surface area contributed by atoms with Crippen molar-refractivity contribution in [3.8, 4) is 16.9 Å². The van der Waals surface area contributed by atoms with E-state index in [1.807, 2.05) is 49.5 Å². The predicted molar refractivity (Wildman–Crippen MR) is 143 cm³/mol. The Balaban J connectivity index is 1.71. The van der Waals surface area contributed by atoms with Gasteiger partial charge in [-0.2, -0.15) is 0 Å². The number of carbonyl (C=O) groups excluding carboxylic acids is 1. The van der Waals surface area contributed by atoms with Crippen LogP contribution in [-0.2, 0) is 4.79 Å². The molecule has 0 spiro atoms. The Labute approximate surface area is 208 Å². The number of halogens is 1. The number of hydrogen-bond donors (Lipinski definition) is 5. The number of benzene rings is 3.